The van der Waals surface area contributed by atoms with Crippen molar-refractivity contribution >= 4 is 75.6 Å². The lowest BCUT2D eigenvalue weighted by Gasteiger charge is -2.46. The van der Waals surface area contributed by atoms with E-state index in [0.717, 1.165) is 49.0 Å². The van der Waals surface area contributed by atoms with Gasteiger partial charge in [0.25, 0.3) is 0 Å². The fraction of sp³-hybridized carbons (Fsp3) is 0.0204. The van der Waals surface area contributed by atoms with Crippen LogP contribution in [-0.2, 0) is 5.41 Å². The first-order chi connectivity index (χ1) is 26.7. The van der Waals surface area contributed by atoms with E-state index < -0.39 is 21.6 Å². The minimum absolute atomic E-state index is 0.414. The minimum atomic E-state index is -1.85. The number of benzene rings is 8. The van der Waals surface area contributed by atoms with E-state index in [1.165, 1.54) is 32.6 Å². The first-order valence-electron chi connectivity index (χ1n) is 18.2. The zero-order valence-corrected chi connectivity index (χ0v) is 30.9. The van der Waals surface area contributed by atoms with Crippen LogP contribution in [0.25, 0.3) is 54.1 Å². The Morgan fingerprint density at radius 2 is 1.02 bits per heavy atom. The Kier molecular flexibility index (Phi) is 7.27. The smallest absolute Gasteiger partial charge is 0.391 e. The van der Waals surface area contributed by atoms with Crippen molar-refractivity contribution in [3.8, 4) is 5.75 Å². The van der Waals surface area contributed by atoms with Crippen LogP contribution in [0.4, 0.5) is 0 Å². The summed E-state index contributed by atoms with van der Waals surface area (Å²) in [6.45, 7) is 0. The predicted octanol–water partition coefficient (Wildman–Crippen LogP) is 13.9. The second kappa shape index (κ2) is 12.5. The summed E-state index contributed by atoms with van der Waals surface area (Å²) >= 11 is 0. The van der Waals surface area contributed by atoms with Gasteiger partial charge in [-0.3, -0.25) is 0 Å². The van der Waals surface area contributed by atoms with Crippen molar-refractivity contribution in [2.24, 2.45) is 0 Å². The Hall–Kier alpha value is -6.11. The molecule has 0 saturated carbocycles. The third-order valence-electron chi connectivity index (χ3n) is 10.8. The molecule has 3 aliphatic rings. The Balaban J connectivity index is 1.09. The summed E-state index contributed by atoms with van der Waals surface area (Å²) in [7, 11) is -2.70. The molecule has 0 aliphatic carbocycles. The van der Waals surface area contributed by atoms with Crippen LogP contribution in [0.1, 0.15) is 22.3 Å². The molecule has 2 unspecified atom stereocenters. The largest absolute Gasteiger partial charge is 0.453 e. The molecule has 5 heteroatoms. The maximum atomic E-state index is 6.76. The lowest BCUT2D eigenvalue weighted by Crippen LogP contribution is -2.36. The summed E-state index contributed by atoms with van der Waals surface area (Å²) in [5.74, 6) is 0.705. The molecule has 9 aromatic rings. The SMILES string of the molecule is C1=C(c2ccccc2)P2C(c3cccc(Op4oc5ccc6ccccc6c5c5c(ccc6ccccc65)o4)c3)=CC1(c1ccccc1)c1ccccc12. The van der Waals surface area contributed by atoms with Gasteiger partial charge < -0.3 is 12.9 Å². The minimum Gasteiger partial charge on any atom is -0.391 e. The number of fused-ring (bicyclic) bond motifs is 7. The average molecular weight is 731 g/mol. The molecule has 256 valence electrons. The molecule has 0 N–H and O–H groups in total. The molecular formula is C49H32O3P2. The maximum absolute atomic E-state index is 6.76. The van der Waals surface area contributed by atoms with Crippen LogP contribution in [0.15, 0.2) is 203 Å². The van der Waals surface area contributed by atoms with Gasteiger partial charge in [-0.05, 0) is 91.9 Å². The molecule has 0 saturated heterocycles. The van der Waals surface area contributed by atoms with Crippen LogP contribution in [0.5, 0.6) is 5.75 Å². The van der Waals surface area contributed by atoms with Crippen LogP contribution >= 0.6 is 16.2 Å². The molecule has 8 aromatic carbocycles. The van der Waals surface area contributed by atoms with Crippen LogP contribution in [-0.4, -0.2) is 0 Å². The van der Waals surface area contributed by atoms with Crippen molar-refractivity contribution in [2.45, 2.75) is 5.41 Å². The third-order valence-corrected chi connectivity index (χ3v) is 14.5. The monoisotopic (exact) mass is 730 g/mol. The molecule has 0 fully saturated rings. The number of allylic oxidation sites excluding steroid dienone is 2. The quantitative estimate of drug-likeness (QED) is 0.165. The van der Waals surface area contributed by atoms with E-state index in [1.54, 1.807) is 0 Å². The number of rotatable bonds is 5. The van der Waals surface area contributed by atoms with E-state index in [9.17, 15) is 0 Å². The van der Waals surface area contributed by atoms with Gasteiger partial charge >= 0.3 is 8.24 Å². The predicted molar refractivity (Wildman–Crippen MR) is 226 cm³/mol. The average Bonchev–Trinajstić information content (AvgIpc) is 3.41. The van der Waals surface area contributed by atoms with Crippen LogP contribution in [0.2, 0.25) is 0 Å². The van der Waals surface area contributed by atoms with Gasteiger partial charge in [-0.2, -0.15) is 0 Å². The Morgan fingerprint density at radius 1 is 0.463 bits per heavy atom. The summed E-state index contributed by atoms with van der Waals surface area (Å²) in [6.07, 6.45) is 5.03. The first kappa shape index (κ1) is 31.4. The molecule has 0 spiro atoms. The summed E-state index contributed by atoms with van der Waals surface area (Å²) in [5.41, 5.74) is 6.10. The van der Waals surface area contributed by atoms with Gasteiger partial charge in [0, 0.05) is 10.8 Å². The fourth-order valence-corrected chi connectivity index (χ4v) is 12.4. The maximum Gasteiger partial charge on any atom is 0.453 e. The highest BCUT2D eigenvalue weighted by Crippen LogP contribution is 2.69. The highest BCUT2D eigenvalue weighted by Gasteiger charge is 2.46. The van der Waals surface area contributed by atoms with E-state index in [2.05, 4.69) is 188 Å². The molecule has 3 aliphatic heterocycles. The van der Waals surface area contributed by atoms with Gasteiger partial charge in [0.1, 0.15) is 16.9 Å². The second-order valence-corrected chi connectivity index (χ2v) is 17.0. The fourth-order valence-electron chi connectivity index (χ4n) is 8.42. The normalized spacial score (nSPS) is 17.4. The lowest BCUT2D eigenvalue weighted by molar-refractivity contribution is 0.498. The lowest BCUT2D eigenvalue weighted by atomic mass is 9.72. The van der Waals surface area contributed by atoms with Gasteiger partial charge in [-0.25, -0.2) is 0 Å². The van der Waals surface area contributed by atoms with Crippen molar-refractivity contribution in [1.82, 2.24) is 0 Å². The molecule has 0 radical (unpaired) electrons. The third kappa shape index (κ3) is 4.93. The zero-order valence-electron chi connectivity index (χ0n) is 29.1. The van der Waals surface area contributed by atoms with Gasteiger partial charge in [-0.1, -0.05) is 170 Å². The molecule has 3 nitrogen and oxygen atoms in total. The van der Waals surface area contributed by atoms with Crippen molar-refractivity contribution < 1.29 is 12.9 Å². The van der Waals surface area contributed by atoms with Crippen LogP contribution in [0, 0.1) is 0 Å². The molecule has 12 rings (SSSR count). The van der Waals surface area contributed by atoms with E-state index in [1.807, 2.05) is 6.07 Å². The van der Waals surface area contributed by atoms with E-state index >= 15 is 0 Å². The van der Waals surface area contributed by atoms with Crippen molar-refractivity contribution in [3.05, 3.63) is 216 Å². The first-order valence-corrected chi connectivity index (χ1v) is 20.6. The molecule has 54 heavy (non-hydrogen) atoms. The number of hydrogen-bond acceptors (Lipinski definition) is 3. The summed E-state index contributed by atoms with van der Waals surface area (Å²) in [5, 5.41) is 10.7. The number of hydrogen-bond donors (Lipinski definition) is 0. The van der Waals surface area contributed by atoms with Crippen LogP contribution in [0.3, 0.4) is 0 Å². The van der Waals surface area contributed by atoms with E-state index in [4.69, 9.17) is 12.9 Å². The van der Waals surface area contributed by atoms with Gasteiger partial charge in [0.05, 0.1) is 5.41 Å². The van der Waals surface area contributed by atoms with E-state index in [-0.39, 0.29) is 0 Å². The van der Waals surface area contributed by atoms with Crippen molar-refractivity contribution in [1.29, 1.82) is 0 Å². The summed E-state index contributed by atoms with van der Waals surface area (Å²) in [4.78, 5) is 0. The summed E-state index contributed by atoms with van der Waals surface area (Å²) in [6, 6.07) is 64.5. The van der Waals surface area contributed by atoms with Crippen LogP contribution < -0.4 is 9.83 Å². The van der Waals surface area contributed by atoms with E-state index in [0.29, 0.717) is 5.75 Å². The molecule has 0 amide bonds. The molecule has 4 heterocycles. The van der Waals surface area contributed by atoms with Gasteiger partial charge in [-0.15, -0.1) is 0 Å². The second-order valence-electron chi connectivity index (χ2n) is 13.9. The van der Waals surface area contributed by atoms with Gasteiger partial charge in [0.2, 0.25) is 0 Å². The van der Waals surface area contributed by atoms with Gasteiger partial charge in [0.15, 0.2) is 0 Å². The molecule has 2 atom stereocenters. The molecule has 1 aromatic heterocycles. The van der Waals surface area contributed by atoms with Crippen molar-refractivity contribution in [2.75, 3.05) is 0 Å². The Labute approximate surface area is 314 Å². The molecular weight excluding hydrogens is 698 g/mol. The Bertz CT molecular complexity index is 2940. The highest BCUT2D eigenvalue weighted by molar-refractivity contribution is 7.84. The topological polar surface area (TPSA) is 35.5 Å². The summed E-state index contributed by atoms with van der Waals surface area (Å²) < 4.78 is 20.2. The molecule has 2 bridgehead atoms. The Morgan fingerprint density at radius 3 is 1.70 bits per heavy atom. The van der Waals surface area contributed by atoms with Crippen molar-refractivity contribution in [3.63, 3.8) is 0 Å². The zero-order chi connectivity index (χ0) is 35.6. The highest BCUT2D eigenvalue weighted by atomic mass is 31.1. The standard InChI is InChI=1S/C49H32O3P2/c1-3-16-35(17-4-1)45-31-49(37-19-5-2-6-20-37)32-46(53(45)44-25-12-11-24-41(44)49)36-18-13-21-38(30-36)50-54-51-42-28-26-33-14-7-9-22-39(33)47(42)48-40-23-10-8-15-34(40)27-29-43(48)52-54/h1-32H.